The van der Waals surface area contributed by atoms with Gasteiger partial charge in [0.05, 0.1) is 13.2 Å². The monoisotopic (exact) mass is 287 g/mol. The molecule has 0 fully saturated rings. The minimum absolute atomic E-state index is 0.134. The Balaban J connectivity index is 2.60. The summed E-state index contributed by atoms with van der Waals surface area (Å²) in [5.74, 6) is 0. The van der Waals surface area contributed by atoms with E-state index in [1.807, 2.05) is 30.3 Å². The van der Waals surface area contributed by atoms with Crippen LogP contribution in [0.3, 0.4) is 0 Å². The van der Waals surface area contributed by atoms with Gasteiger partial charge in [-0.2, -0.15) is 0 Å². The highest BCUT2D eigenvalue weighted by molar-refractivity contribution is 7.97. The third kappa shape index (κ3) is 4.50. The summed E-state index contributed by atoms with van der Waals surface area (Å²) < 4.78 is 22.7. The maximum Gasteiger partial charge on any atom is 0.388 e. The normalized spacial score (nSPS) is 11.2. The van der Waals surface area contributed by atoms with Crippen molar-refractivity contribution in [2.45, 2.75) is 20.4 Å². The fourth-order valence-corrected chi connectivity index (χ4v) is 3.01. The number of thiocarbonyl (C=S) groups is 1. The van der Waals surface area contributed by atoms with Crippen molar-refractivity contribution in [3.05, 3.63) is 35.9 Å². The third-order valence-corrected chi connectivity index (χ3v) is 4.80. The largest absolute Gasteiger partial charge is 0.388 e. The van der Waals surface area contributed by atoms with Crippen LogP contribution in [-0.2, 0) is 20.2 Å². The molecule has 0 aliphatic carbocycles. The van der Waals surface area contributed by atoms with Crippen molar-refractivity contribution in [3.63, 3.8) is 0 Å². The predicted molar refractivity (Wildman–Crippen MR) is 76.7 cm³/mol. The fraction of sp³-hybridized carbons (Fsp3) is 0.417. The van der Waals surface area contributed by atoms with Crippen molar-refractivity contribution in [1.29, 1.82) is 0 Å². The molecule has 0 saturated heterocycles. The second-order valence-electron chi connectivity index (χ2n) is 3.48. The van der Waals surface area contributed by atoms with Crippen LogP contribution in [0.5, 0.6) is 0 Å². The van der Waals surface area contributed by atoms with Gasteiger partial charge in [-0.15, -0.1) is 0 Å². The van der Waals surface area contributed by atoms with Gasteiger partial charge in [-0.1, -0.05) is 42.5 Å². The van der Waals surface area contributed by atoms with E-state index >= 15 is 0 Å². The average Bonchev–Trinajstić information content (AvgIpc) is 2.37. The minimum atomic E-state index is -3.33. The molecular formula is C12H18NO3PS. The molecule has 0 aliphatic rings. The Morgan fingerprint density at radius 3 is 2.28 bits per heavy atom. The quantitative estimate of drug-likeness (QED) is 0.615. The fourth-order valence-electron chi connectivity index (χ4n) is 1.36. The van der Waals surface area contributed by atoms with Gasteiger partial charge < -0.3 is 14.4 Å². The molecule has 4 nitrogen and oxygen atoms in total. The lowest BCUT2D eigenvalue weighted by Gasteiger charge is -2.18. The summed E-state index contributed by atoms with van der Waals surface area (Å²) in [4.78, 5) is 0. The number of hydrogen-bond donors (Lipinski definition) is 1. The summed E-state index contributed by atoms with van der Waals surface area (Å²) in [7, 11) is -3.33. The van der Waals surface area contributed by atoms with E-state index in [-0.39, 0.29) is 4.73 Å². The van der Waals surface area contributed by atoms with Crippen LogP contribution in [0.1, 0.15) is 19.4 Å². The summed E-state index contributed by atoms with van der Waals surface area (Å²) in [5.41, 5.74) is 1.05. The van der Waals surface area contributed by atoms with Gasteiger partial charge in [0.25, 0.3) is 0 Å². The number of nitrogens with one attached hydrogen (secondary N) is 1. The molecule has 1 aromatic rings. The van der Waals surface area contributed by atoms with Crippen LogP contribution >= 0.6 is 19.8 Å². The highest BCUT2D eigenvalue weighted by Crippen LogP contribution is 2.48. The van der Waals surface area contributed by atoms with Crippen LogP contribution in [0.25, 0.3) is 0 Å². The van der Waals surface area contributed by atoms with Gasteiger partial charge in [-0.3, -0.25) is 4.57 Å². The summed E-state index contributed by atoms with van der Waals surface area (Å²) in [6.45, 7) is 4.61. The van der Waals surface area contributed by atoms with Gasteiger partial charge in [0, 0.05) is 6.54 Å². The summed E-state index contributed by atoms with van der Waals surface area (Å²) >= 11 is 5.09. The van der Waals surface area contributed by atoms with Gasteiger partial charge in [0.2, 0.25) is 0 Å². The topological polar surface area (TPSA) is 47.6 Å². The lowest BCUT2D eigenvalue weighted by molar-refractivity contribution is 0.232. The van der Waals surface area contributed by atoms with Crippen LogP contribution in [0.4, 0.5) is 0 Å². The Kier molecular flexibility index (Phi) is 6.50. The van der Waals surface area contributed by atoms with E-state index in [0.29, 0.717) is 19.8 Å². The van der Waals surface area contributed by atoms with Crippen molar-refractivity contribution in [3.8, 4) is 0 Å². The zero-order valence-electron chi connectivity index (χ0n) is 10.6. The highest BCUT2D eigenvalue weighted by Gasteiger charge is 2.29. The standard InChI is InChI=1S/C12H18NO3PS/c1-3-15-17(14,16-4-2)12(18)13-10-11-8-6-5-7-9-11/h5-9H,3-4,10H2,1-2H3,(H,13,18). The molecule has 0 atom stereocenters. The highest BCUT2D eigenvalue weighted by atomic mass is 32.1. The number of benzene rings is 1. The average molecular weight is 287 g/mol. The number of hydrogen-bond acceptors (Lipinski definition) is 4. The SMILES string of the molecule is CCOP(=O)(OCC)C(=S)NCc1ccccc1. The first-order valence-corrected chi connectivity index (χ1v) is 7.79. The molecule has 0 aromatic heterocycles. The Bertz CT molecular complexity index is 415. The Labute approximate surface area is 113 Å². The van der Waals surface area contributed by atoms with Crippen molar-refractivity contribution in [1.82, 2.24) is 5.32 Å². The molecule has 1 N–H and O–H groups in total. The second kappa shape index (κ2) is 7.64. The Morgan fingerprint density at radius 1 is 1.22 bits per heavy atom. The predicted octanol–water partition coefficient (Wildman–Crippen LogP) is 3.33. The van der Waals surface area contributed by atoms with Gasteiger partial charge in [-0.05, 0) is 19.4 Å². The molecule has 0 spiro atoms. The van der Waals surface area contributed by atoms with E-state index in [0.717, 1.165) is 5.56 Å². The Hall–Kier alpha value is -0.740. The second-order valence-corrected chi connectivity index (χ2v) is 6.15. The minimum Gasteiger partial charge on any atom is -0.366 e. The first-order valence-electron chi connectivity index (χ1n) is 5.83. The molecule has 0 unspecified atom stereocenters. The van der Waals surface area contributed by atoms with Crippen LogP contribution in [-0.4, -0.2) is 17.9 Å². The van der Waals surface area contributed by atoms with Crippen molar-refractivity contribution < 1.29 is 13.6 Å². The molecule has 6 heteroatoms. The summed E-state index contributed by atoms with van der Waals surface area (Å²) in [6.07, 6.45) is 0. The smallest absolute Gasteiger partial charge is 0.366 e. The van der Waals surface area contributed by atoms with Gasteiger partial charge >= 0.3 is 7.60 Å². The molecule has 18 heavy (non-hydrogen) atoms. The van der Waals surface area contributed by atoms with E-state index in [9.17, 15) is 4.57 Å². The lowest BCUT2D eigenvalue weighted by Crippen LogP contribution is -2.23. The first kappa shape index (κ1) is 15.3. The molecule has 0 amide bonds. The molecule has 0 bridgehead atoms. The van der Waals surface area contributed by atoms with Crippen LogP contribution in [0.15, 0.2) is 30.3 Å². The number of rotatable bonds is 7. The third-order valence-electron chi connectivity index (χ3n) is 2.13. The van der Waals surface area contributed by atoms with E-state index < -0.39 is 7.60 Å². The molecule has 0 saturated carbocycles. The molecule has 0 aliphatic heterocycles. The van der Waals surface area contributed by atoms with E-state index in [2.05, 4.69) is 5.32 Å². The van der Waals surface area contributed by atoms with Crippen molar-refractivity contribution >= 4 is 24.5 Å². The molecule has 0 heterocycles. The van der Waals surface area contributed by atoms with Crippen LogP contribution < -0.4 is 5.32 Å². The van der Waals surface area contributed by atoms with Crippen molar-refractivity contribution in [2.24, 2.45) is 0 Å². The maximum absolute atomic E-state index is 12.3. The van der Waals surface area contributed by atoms with Crippen LogP contribution in [0, 0.1) is 0 Å². The van der Waals surface area contributed by atoms with Gasteiger partial charge in [-0.25, -0.2) is 0 Å². The van der Waals surface area contributed by atoms with E-state index in [1.54, 1.807) is 13.8 Å². The summed E-state index contributed by atoms with van der Waals surface area (Å²) in [6, 6.07) is 9.73. The molecule has 100 valence electrons. The maximum atomic E-state index is 12.3. The van der Waals surface area contributed by atoms with Gasteiger partial charge in [0.1, 0.15) is 0 Å². The Morgan fingerprint density at radius 2 is 1.78 bits per heavy atom. The summed E-state index contributed by atoms with van der Waals surface area (Å²) in [5, 5.41) is 2.93. The lowest BCUT2D eigenvalue weighted by atomic mass is 10.2. The molecular weight excluding hydrogens is 269 g/mol. The zero-order valence-corrected chi connectivity index (χ0v) is 12.3. The van der Waals surface area contributed by atoms with Crippen LogP contribution in [0.2, 0.25) is 0 Å². The van der Waals surface area contributed by atoms with E-state index in [1.165, 1.54) is 0 Å². The molecule has 0 radical (unpaired) electrons. The molecule has 1 rings (SSSR count). The zero-order chi connectivity index (χ0) is 13.4. The molecule has 1 aromatic carbocycles. The van der Waals surface area contributed by atoms with Crippen molar-refractivity contribution in [2.75, 3.05) is 13.2 Å². The first-order chi connectivity index (χ1) is 8.62. The van der Waals surface area contributed by atoms with E-state index in [4.69, 9.17) is 21.3 Å². The van der Waals surface area contributed by atoms with Gasteiger partial charge in [0.15, 0.2) is 4.73 Å².